The average molecular weight is 226 g/mol. The molecule has 0 aliphatic carbocycles. The third kappa shape index (κ3) is 2.54. The van der Waals surface area contributed by atoms with E-state index < -0.39 is 5.97 Å². The molecule has 1 aromatic rings. The van der Waals surface area contributed by atoms with E-state index in [0.29, 0.717) is 0 Å². The van der Waals surface area contributed by atoms with Crippen LogP contribution in [0.1, 0.15) is 22.4 Å². The van der Waals surface area contributed by atoms with Crippen LogP contribution < -0.4 is 0 Å². The van der Waals surface area contributed by atoms with Crippen molar-refractivity contribution in [3.8, 4) is 0 Å². The minimum absolute atomic E-state index is 0.173. The van der Waals surface area contributed by atoms with Crippen molar-refractivity contribution in [2.24, 2.45) is 5.92 Å². The van der Waals surface area contributed by atoms with Crippen molar-refractivity contribution in [3.63, 3.8) is 0 Å². The fraction of sp³-hybridized carbons (Fsp3) is 0.600. The van der Waals surface area contributed by atoms with Gasteiger partial charge in [-0.15, -0.1) is 11.3 Å². The molecule has 1 aliphatic rings. The van der Waals surface area contributed by atoms with Crippen LogP contribution in [0.4, 0.5) is 0 Å². The van der Waals surface area contributed by atoms with E-state index >= 15 is 0 Å². The molecular weight excluding hydrogens is 212 g/mol. The second kappa shape index (κ2) is 4.28. The highest BCUT2D eigenvalue weighted by Crippen LogP contribution is 2.16. The maximum atomic E-state index is 10.6. The van der Waals surface area contributed by atoms with Crippen LogP contribution >= 0.6 is 11.3 Å². The van der Waals surface area contributed by atoms with Crippen molar-refractivity contribution in [1.82, 2.24) is 9.88 Å². The van der Waals surface area contributed by atoms with Crippen molar-refractivity contribution in [1.29, 1.82) is 0 Å². The van der Waals surface area contributed by atoms with Gasteiger partial charge >= 0.3 is 5.97 Å². The number of hydrogen-bond acceptors (Lipinski definition) is 4. The van der Waals surface area contributed by atoms with Gasteiger partial charge in [0.05, 0.1) is 5.01 Å². The number of nitrogens with zero attached hydrogens (tertiary/aromatic N) is 2. The zero-order valence-corrected chi connectivity index (χ0v) is 9.46. The van der Waals surface area contributed by atoms with Gasteiger partial charge in [0.25, 0.3) is 0 Å². The molecule has 1 aliphatic heterocycles. The van der Waals surface area contributed by atoms with E-state index in [1.165, 1.54) is 11.3 Å². The summed E-state index contributed by atoms with van der Waals surface area (Å²) in [5.74, 6) is -0.119. The van der Waals surface area contributed by atoms with Crippen LogP contribution in [0.15, 0.2) is 5.38 Å². The van der Waals surface area contributed by atoms with E-state index in [-0.39, 0.29) is 5.69 Å². The molecule has 0 spiro atoms. The predicted molar refractivity (Wildman–Crippen MR) is 58.4 cm³/mol. The van der Waals surface area contributed by atoms with Gasteiger partial charge in [-0.2, -0.15) is 0 Å². The Bertz CT molecular complexity index is 358. The lowest BCUT2D eigenvalue weighted by molar-refractivity contribution is 0.0691. The highest BCUT2D eigenvalue weighted by atomic mass is 32.1. The summed E-state index contributed by atoms with van der Waals surface area (Å²) in [6.07, 6.45) is 0.866. The lowest BCUT2D eigenvalue weighted by atomic mass is 10.0. The van der Waals surface area contributed by atoms with Crippen LogP contribution in [0.25, 0.3) is 0 Å². The lowest BCUT2D eigenvalue weighted by Crippen LogP contribution is -2.45. The first-order chi connectivity index (χ1) is 7.15. The Morgan fingerprint density at radius 1 is 1.73 bits per heavy atom. The largest absolute Gasteiger partial charge is 0.476 e. The van der Waals surface area contributed by atoms with Gasteiger partial charge in [-0.3, -0.25) is 0 Å². The first kappa shape index (κ1) is 10.6. The number of aromatic carboxylic acids is 1. The number of carboxylic acid groups (broad SMARTS) is 1. The minimum Gasteiger partial charge on any atom is -0.476 e. The molecule has 1 saturated heterocycles. The molecule has 1 fully saturated rings. The number of hydrogen-bond donors (Lipinski definition) is 1. The Balaban J connectivity index is 1.81. The van der Waals surface area contributed by atoms with Gasteiger partial charge in [0.15, 0.2) is 5.69 Å². The summed E-state index contributed by atoms with van der Waals surface area (Å²) in [5, 5.41) is 11.2. The van der Waals surface area contributed by atoms with Gasteiger partial charge in [-0.25, -0.2) is 9.78 Å². The van der Waals surface area contributed by atoms with E-state index in [1.807, 2.05) is 0 Å². The third-order valence-corrected chi connectivity index (χ3v) is 3.46. The zero-order valence-electron chi connectivity index (χ0n) is 8.64. The van der Waals surface area contributed by atoms with Gasteiger partial charge in [0.1, 0.15) is 0 Å². The fourth-order valence-electron chi connectivity index (χ4n) is 1.79. The molecule has 2 rings (SSSR count). The lowest BCUT2D eigenvalue weighted by Gasteiger charge is -2.36. The van der Waals surface area contributed by atoms with Crippen LogP contribution in [-0.4, -0.2) is 40.6 Å². The molecule has 0 aromatic carbocycles. The van der Waals surface area contributed by atoms with E-state index in [1.54, 1.807) is 5.38 Å². The summed E-state index contributed by atoms with van der Waals surface area (Å²) < 4.78 is 0. The molecule has 2 heterocycles. The molecule has 0 bridgehead atoms. The molecule has 5 heteroatoms. The number of carboxylic acids is 1. The van der Waals surface area contributed by atoms with Crippen LogP contribution in [0, 0.1) is 5.92 Å². The fourth-order valence-corrected chi connectivity index (χ4v) is 2.55. The van der Waals surface area contributed by atoms with Crippen LogP contribution in [0.5, 0.6) is 0 Å². The Kier molecular flexibility index (Phi) is 3.02. The molecule has 1 aromatic heterocycles. The van der Waals surface area contributed by atoms with Crippen molar-refractivity contribution in [3.05, 3.63) is 16.1 Å². The Morgan fingerprint density at radius 3 is 3.00 bits per heavy atom. The van der Waals surface area contributed by atoms with E-state index in [9.17, 15) is 4.79 Å². The maximum absolute atomic E-state index is 10.6. The third-order valence-electron chi connectivity index (χ3n) is 2.55. The maximum Gasteiger partial charge on any atom is 0.355 e. The van der Waals surface area contributed by atoms with Crippen molar-refractivity contribution < 1.29 is 9.90 Å². The van der Waals surface area contributed by atoms with Crippen LogP contribution in [-0.2, 0) is 6.42 Å². The predicted octanol–water partition coefficient (Wildman–Crippen LogP) is 1.34. The molecule has 15 heavy (non-hydrogen) atoms. The molecule has 0 saturated carbocycles. The standard InChI is InChI=1S/C10H14N2O2S/c1-7-4-12(5-7)3-2-9-11-8(6-15-9)10(13)14/h6-7H,2-5H2,1H3,(H,13,14). The highest BCUT2D eigenvalue weighted by molar-refractivity contribution is 7.09. The topological polar surface area (TPSA) is 53.4 Å². The number of likely N-dealkylation sites (tertiary alicyclic amines) is 1. The smallest absolute Gasteiger partial charge is 0.355 e. The molecule has 4 nitrogen and oxygen atoms in total. The summed E-state index contributed by atoms with van der Waals surface area (Å²) in [6.45, 7) is 5.56. The second-order valence-corrected chi connectivity index (χ2v) is 4.99. The number of rotatable bonds is 4. The molecule has 0 atom stereocenters. The summed E-state index contributed by atoms with van der Waals surface area (Å²) in [7, 11) is 0. The number of carbonyl (C=O) groups is 1. The summed E-state index contributed by atoms with van der Waals surface area (Å²) in [5.41, 5.74) is 0.173. The summed E-state index contributed by atoms with van der Waals surface area (Å²) >= 11 is 1.44. The molecule has 0 radical (unpaired) electrons. The number of aromatic nitrogens is 1. The Morgan fingerprint density at radius 2 is 2.47 bits per heavy atom. The van der Waals surface area contributed by atoms with Crippen LogP contribution in [0.2, 0.25) is 0 Å². The number of thiazole rings is 1. The summed E-state index contributed by atoms with van der Waals surface area (Å²) in [6, 6.07) is 0. The zero-order chi connectivity index (χ0) is 10.8. The monoisotopic (exact) mass is 226 g/mol. The first-order valence-corrected chi connectivity index (χ1v) is 5.93. The van der Waals surface area contributed by atoms with Gasteiger partial charge in [0.2, 0.25) is 0 Å². The summed E-state index contributed by atoms with van der Waals surface area (Å²) in [4.78, 5) is 17.0. The van der Waals surface area contributed by atoms with Crippen molar-refractivity contribution >= 4 is 17.3 Å². The first-order valence-electron chi connectivity index (χ1n) is 5.05. The Hall–Kier alpha value is -0.940. The van der Waals surface area contributed by atoms with Gasteiger partial charge in [0, 0.05) is 31.4 Å². The molecule has 1 N–H and O–H groups in total. The molecule has 0 amide bonds. The minimum atomic E-state index is -0.935. The molecular formula is C10H14N2O2S. The average Bonchev–Trinajstić information content (AvgIpc) is 2.59. The van der Waals surface area contributed by atoms with E-state index in [2.05, 4.69) is 16.8 Å². The van der Waals surface area contributed by atoms with Gasteiger partial charge in [-0.1, -0.05) is 6.92 Å². The van der Waals surface area contributed by atoms with Crippen LogP contribution in [0.3, 0.4) is 0 Å². The second-order valence-electron chi connectivity index (χ2n) is 4.05. The molecule has 0 unspecified atom stereocenters. The van der Waals surface area contributed by atoms with E-state index in [0.717, 1.165) is 37.0 Å². The highest BCUT2D eigenvalue weighted by Gasteiger charge is 2.21. The normalized spacial score (nSPS) is 17.7. The van der Waals surface area contributed by atoms with Crippen molar-refractivity contribution in [2.75, 3.05) is 19.6 Å². The van der Waals surface area contributed by atoms with Gasteiger partial charge < -0.3 is 10.0 Å². The van der Waals surface area contributed by atoms with E-state index in [4.69, 9.17) is 5.11 Å². The Labute approximate surface area is 92.6 Å². The molecule has 82 valence electrons. The van der Waals surface area contributed by atoms with Gasteiger partial charge in [-0.05, 0) is 5.92 Å². The SMILES string of the molecule is CC1CN(CCc2nc(C(=O)O)cs2)C1. The quantitative estimate of drug-likeness (QED) is 0.841. The van der Waals surface area contributed by atoms with Crippen molar-refractivity contribution in [2.45, 2.75) is 13.3 Å².